The lowest BCUT2D eigenvalue weighted by Gasteiger charge is -2.09. The van der Waals surface area contributed by atoms with Gasteiger partial charge in [0, 0.05) is 12.4 Å². The molecular formula is C16H17N3O3. The van der Waals surface area contributed by atoms with Gasteiger partial charge in [0.1, 0.15) is 0 Å². The number of aromatic nitrogens is 1. The summed E-state index contributed by atoms with van der Waals surface area (Å²) in [7, 11) is 3.12. The number of nitrogens with one attached hydrogen (secondary N) is 1. The van der Waals surface area contributed by atoms with Gasteiger partial charge < -0.3 is 9.47 Å². The number of rotatable bonds is 6. The average molecular weight is 299 g/mol. The maximum absolute atomic E-state index is 11.8. The highest BCUT2D eigenvalue weighted by Gasteiger charge is 2.07. The fraction of sp³-hybridized carbons (Fsp3) is 0.188. The third kappa shape index (κ3) is 4.31. The van der Waals surface area contributed by atoms with E-state index in [1.165, 1.54) is 0 Å². The van der Waals surface area contributed by atoms with Crippen LogP contribution < -0.4 is 14.9 Å². The summed E-state index contributed by atoms with van der Waals surface area (Å²) >= 11 is 0. The van der Waals surface area contributed by atoms with E-state index in [4.69, 9.17) is 9.47 Å². The van der Waals surface area contributed by atoms with Gasteiger partial charge in [0.25, 0.3) is 0 Å². The predicted octanol–water partition coefficient (Wildman–Crippen LogP) is 1.79. The van der Waals surface area contributed by atoms with Crippen LogP contribution in [0.2, 0.25) is 0 Å². The van der Waals surface area contributed by atoms with Crippen LogP contribution in [-0.4, -0.2) is 31.3 Å². The van der Waals surface area contributed by atoms with E-state index >= 15 is 0 Å². The maximum atomic E-state index is 11.8. The second kappa shape index (κ2) is 7.78. The van der Waals surface area contributed by atoms with Crippen LogP contribution in [0.4, 0.5) is 0 Å². The van der Waals surface area contributed by atoms with E-state index < -0.39 is 0 Å². The maximum Gasteiger partial charge on any atom is 0.244 e. The Bertz CT molecular complexity index is 657. The third-order valence-corrected chi connectivity index (χ3v) is 2.92. The lowest BCUT2D eigenvalue weighted by Crippen LogP contribution is -2.19. The lowest BCUT2D eigenvalue weighted by atomic mass is 10.1. The molecule has 22 heavy (non-hydrogen) atoms. The Morgan fingerprint density at radius 2 is 1.91 bits per heavy atom. The van der Waals surface area contributed by atoms with Crippen molar-refractivity contribution < 1.29 is 14.3 Å². The number of hydrogen-bond acceptors (Lipinski definition) is 5. The first-order chi connectivity index (χ1) is 10.7. The Labute approximate surface area is 128 Å². The number of hydrogen-bond donors (Lipinski definition) is 1. The van der Waals surface area contributed by atoms with E-state index in [-0.39, 0.29) is 12.3 Å². The molecule has 1 N–H and O–H groups in total. The first-order valence-corrected chi connectivity index (χ1v) is 6.65. The number of nitrogens with zero attached hydrogens (tertiary/aromatic N) is 2. The minimum Gasteiger partial charge on any atom is -0.493 e. The summed E-state index contributed by atoms with van der Waals surface area (Å²) in [5.74, 6) is 1.01. The molecule has 2 aromatic rings. The minimum absolute atomic E-state index is 0.202. The van der Waals surface area contributed by atoms with Crippen molar-refractivity contribution in [1.29, 1.82) is 0 Å². The SMILES string of the molecule is COc1ccc(CC(=O)N/N=C\c2ccncc2)cc1OC. The molecule has 0 radical (unpaired) electrons. The van der Waals surface area contributed by atoms with E-state index in [1.807, 2.05) is 6.07 Å². The summed E-state index contributed by atoms with van der Waals surface area (Å²) < 4.78 is 10.4. The molecule has 114 valence electrons. The molecule has 0 bridgehead atoms. The summed E-state index contributed by atoms with van der Waals surface area (Å²) in [5.41, 5.74) is 4.16. The quantitative estimate of drug-likeness (QED) is 0.652. The Kier molecular flexibility index (Phi) is 5.48. The van der Waals surface area contributed by atoms with Crippen LogP contribution in [0.3, 0.4) is 0 Å². The first kappa shape index (κ1) is 15.5. The van der Waals surface area contributed by atoms with Crippen LogP contribution in [0.1, 0.15) is 11.1 Å². The second-order valence-electron chi connectivity index (χ2n) is 4.44. The number of hydrazone groups is 1. The topological polar surface area (TPSA) is 72.8 Å². The number of carbonyl (C=O) groups is 1. The molecule has 6 nitrogen and oxygen atoms in total. The first-order valence-electron chi connectivity index (χ1n) is 6.65. The molecule has 1 aromatic carbocycles. The largest absolute Gasteiger partial charge is 0.493 e. The lowest BCUT2D eigenvalue weighted by molar-refractivity contribution is -0.120. The highest BCUT2D eigenvalue weighted by atomic mass is 16.5. The van der Waals surface area contributed by atoms with Crippen molar-refractivity contribution in [1.82, 2.24) is 10.4 Å². The van der Waals surface area contributed by atoms with Gasteiger partial charge in [-0.1, -0.05) is 6.07 Å². The van der Waals surface area contributed by atoms with Crippen molar-refractivity contribution in [2.45, 2.75) is 6.42 Å². The number of methoxy groups -OCH3 is 2. The van der Waals surface area contributed by atoms with E-state index in [0.717, 1.165) is 11.1 Å². The smallest absolute Gasteiger partial charge is 0.244 e. The molecule has 0 saturated heterocycles. The van der Waals surface area contributed by atoms with Gasteiger partial charge in [-0.05, 0) is 35.4 Å². The number of amides is 1. The molecule has 0 aliphatic carbocycles. The second-order valence-corrected chi connectivity index (χ2v) is 4.44. The molecule has 0 atom stereocenters. The molecule has 2 rings (SSSR count). The van der Waals surface area contributed by atoms with Gasteiger partial charge in [-0.3, -0.25) is 9.78 Å². The molecule has 1 amide bonds. The van der Waals surface area contributed by atoms with Crippen molar-refractivity contribution in [2.24, 2.45) is 5.10 Å². The van der Waals surface area contributed by atoms with Crippen molar-refractivity contribution in [3.05, 3.63) is 53.9 Å². The molecule has 6 heteroatoms. The van der Waals surface area contributed by atoms with Crippen LogP contribution in [0.5, 0.6) is 11.5 Å². The summed E-state index contributed by atoms with van der Waals surface area (Å²) in [5, 5.41) is 3.91. The molecule has 0 aliphatic heterocycles. The van der Waals surface area contributed by atoms with Gasteiger partial charge in [-0.25, -0.2) is 5.43 Å². The summed E-state index contributed by atoms with van der Waals surface area (Å²) in [6.07, 6.45) is 5.09. The monoisotopic (exact) mass is 299 g/mol. The van der Waals surface area contributed by atoms with Gasteiger partial charge in [-0.2, -0.15) is 5.10 Å². The van der Waals surface area contributed by atoms with Crippen LogP contribution in [0.25, 0.3) is 0 Å². The summed E-state index contributed by atoms with van der Waals surface area (Å²) in [4.78, 5) is 15.8. The van der Waals surface area contributed by atoms with Crippen LogP contribution in [0, 0.1) is 0 Å². The summed E-state index contributed by atoms with van der Waals surface area (Å²) in [6.45, 7) is 0. The van der Waals surface area contributed by atoms with Crippen LogP contribution in [-0.2, 0) is 11.2 Å². The highest BCUT2D eigenvalue weighted by Crippen LogP contribution is 2.27. The van der Waals surface area contributed by atoms with Gasteiger partial charge >= 0.3 is 0 Å². The normalized spacial score (nSPS) is 10.5. The van der Waals surface area contributed by atoms with Gasteiger partial charge in [-0.15, -0.1) is 0 Å². The third-order valence-electron chi connectivity index (χ3n) is 2.92. The Hall–Kier alpha value is -2.89. The molecule has 0 fully saturated rings. The van der Waals surface area contributed by atoms with Crippen molar-refractivity contribution >= 4 is 12.1 Å². The van der Waals surface area contributed by atoms with E-state index in [9.17, 15) is 4.79 Å². The Morgan fingerprint density at radius 3 is 2.59 bits per heavy atom. The number of carbonyl (C=O) groups excluding carboxylic acids is 1. The molecule has 0 aliphatic rings. The van der Waals surface area contributed by atoms with E-state index in [0.29, 0.717) is 11.5 Å². The van der Waals surface area contributed by atoms with E-state index in [2.05, 4.69) is 15.5 Å². The minimum atomic E-state index is -0.211. The Morgan fingerprint density at radius 1 is 1.18 bits per heavy atom. The van der Waals surface area contributed by atoms with Crippen molar-refractivity contribution in [3.8, 4) is 11.5 Å². The summed E-state index contributed by atoms with van der Waals surface area (Å²) in [6, 6.07) is 8.94. The van der Waals surface area contributed by atoms with E-state index in [1.54, 1.807) is 57.1 Å². The molecule has 1 aromatic heterocycles. The number of ether oxygens (including phenoxy) is 2. The number of pyridine rings is 1. The molecule has 0 saturated carbocycles. The highest BCUT2D eigenvalue weighted by molar-refractivity contribution is 5.83. The van der Waals surface area contributed by atoms with Gasteiger partial charge in [0.15, 0.2) is 11.5 Å². The standard InChI is InChI=1S/C16H17N3O3/c1-21-14-4-3-13(9-15(14)22-2)10-16(20)19-18-11-12-5-7-17-8-6-12/h3-9,11H,10H2,1-2H3,(H,19,20)/b18-11-. The molecular weight excluding hydrogens is 282 g/mol. The number of benzene rings is 1. The molecule has 1 heterocycles. The fourth-order valence-electron chi connectivity index (χ4n) is 1.84. The zero-order valence-electron chi connectivity index (χ0n) is 12.4. The Balaban J connectivity index is 1.93. The van der Waals surface area contributed by atoms with Crippen molar-refractivity contribution in [2.75, 3.05) is 14.2 Å². The average Bonchev–Trinajstić information content (AvgIpc) is 2.55. The molecule has 0 unspecified atom stereocenters. The van der Waals surface area contributed by atoms with Crippen LogP contribution >= 0.6 is 0 Å². The molecule has 0 spiro atoms. The zero-order valence-corrected chi connectivity index (χ0v) is 12.4. The predicted molar refractivity (Wildman–Crippen MR) is 83.2 cm³/mol. The van der Waals surface area contributed by atoms with Crippen molar-refractivity contribution in [3.63, 3.8) is 0 Å². The van der Waals surface area contributed by atoms with Gasteiger partial charge in [0.05, 0.1) is 26.9 Å². The zero-order chi connectivity index (χ0) is 15.8. The van der Waals surface area contributed by atoms with Gasteiger partial charge in [0.2, 0.25) is 5.91 Å². The fourth-order valence-corrected chi connectivity index (χ4v) is 1.84. The van der Waals surface area contributed by atoms with Crippen LogP contribution in [0.15, 0.2) is 47.8 Å².